The number of carbonyl (C=O) groups is 2. The summed E-state index contributed by atoms with van der Waals surface area (Å²) in [6, 6.07) is 15.1. The molecular weight excluding hydrogens is 613 g/mol. The number of ether oxygens (including phenoxy) is 1. The normalized spacial score (nSPS) is 16.9. The Labute approximate surface area is 279 Å². The molecule has 1 saturated heterocycles. The molecule has 1 fully saturated rings. The van der Waals surface area contributed by atoms with Crippen molar-refractivity contribution in [2.75, 3.05) is 30.8 Å². The SMILES string of the molecule is Cc1c(NC(=O)Oc2cc3c(s2)CCCCC3)cccc1-c1cn(C)c(=O)c(Nc2ccc(C3C(=O)N(C)CCN3C(C)C)cc2)n1. The van der Waals surface area contributed by atoms with Crippen LogP contribution < -0.4 is 20.9 Å². The molecule has 0 spiro atoms. The smallest absolute Gasteiger partial charge is 0.399 e. The van der Waals surface area contributed by atoms with Crippen LogP contribution in [0.15, 0.2) is 59.5 Å². The van der Waals surface area contributed by atoms with Gasteiger partial charge in [-0.25, -0.2) is 9.78 Å². The molecule has 1 unspecified atom stereocenters. The van der Waals surface area contributed by atoms with Gasteiger partial charge in [-0.1, -0.05) is 30.7 Å². The van der Waals surface area contributed by atoms with Crippen LogP contribution in [-0.4, -0.2) is 57.5 Å². The number of hydrogen-bond acceptors (Lipinski definition) is 8. The van der Waals surface area contributed by atoms with Crippen molar-refractivity contribution in [3.05, 3.63) is 86.6 Å². The molecule has 246 valence electrons. The number of hydrogen-bond donors (Lipinski definition) is 2. The zero-order valence-corrected chi connectivity index (χ0v) is 28.4. The molecule has 2 N–H and O–H groups in total. The van der Waals surface area contributed by atoms with Gasteiger partial charge in [-0.15, -0.1) is 11.3 Å². The van der Waals surface area contributed by atoms with Gasteiger partial charge in [0.2, 0.25) is 5.91 Å². The van der Waals surface area contributed by atoms with Gasteiger partial charge in [0, 0.05) is 61.2 Å². The Hall–Kier alpha value is -4.48. The van der Waals surface area contributed by atoms with E-state index in [1.54, 1.807) is 29.5 Å². The fourth-order valence-electron chi connectivity index (χ4n) is 6.41. The maximum atomic E-state index is 13.1. The highest BCUT2D eigenvalue weighted by Crippen LogP contribution is 2.35. The molecule has 4 aromatic rings. The van der Waals surface area contributed by atoms with E-state index in [9.17, 15) is 14.4 Å². The second-order valence-corrected chi connectivity index (χ2v) is 13.8. The lowest BCUT2D eigenvalue weighted by Crippen LogP contribution is -2.52. The highest BCUT2D eigenvalue weighted by molar-refractivity contribution is 7.14. The van der Waals surface area contributed by atoms with Gasteiger partial charge in [-0.05, 0) is 87.4 Å². The fourth-order valence-corrected chi connectivity index (χ4v) is 7.51. The third-order valence-corrected chi connectivity index (χ3v) is 10.2. The molecule has 3 heterocycles. The van der Waals surface area contributed by atoms with Crippen LogP contribution >= 0.6 is 11.3 Å². The molecule has 0 bridgehead atoms. The first-order valence-electron chi connectivity index (χ1n) is 16.2. The van der Waals surface area contributed by atoms with Gasteiger partial charge in [0.1, 0.15) is 6.04 Å². The molecule has 0 radical (unpaired) electrons. The van der Waals surface area contributed by atoms with E-state index in [1.165, 1.54) is 34.3 Å². The highest BCUT2D eigenvalue weighted by Gasteiger charge is 2.35. The Morgan fingerprint density at radius 2 is 1.79 bits per heavy atom. The summed E-state index contributed by atoms with van der Waals surface area (Å²) in [6.07, 6.45) is 6.79. The van der Waals surface area contributed by atoms with Crippen molar-refractivity contribution in [3.63, 3.8) is 0 Å². The zero-order chi connectivity index (χ0) is 33.2. The Morgan fingerprint density at radius 1 is 1.02 bits per heavy atom. The van der Waals surface area contributed by atoms with E-state index in [0.717, 1.165) is 36.1 Å². The van der Waals surface area contributed by atoms with Crippen molar-refractivity contribution in [1.82, 2.24) is 19.4 Å². The molecule has 2 aliphatic rings. The van der Waals surface area contributed by atoms with Crippen molar-refractivity contribution in [1.29, 1.82) is 0 Å². The van der Waals surface area contributed by atoms with E-state index in [4.69, 9.17) is 9.72 Å². The maximum Gasteiger partial charge on any atom is 0.417 e. The van der Waals surface area contributed by atoms with Crippen LogP contribution in [0.4, 0.5) is 22.0 Å². The summed E-state index contributed by atoms with van der Waals surface area (Å²) in [5.74, 6) is 0.250. The van der Waals surface area contributed by atoms with E-state index in [1.807, 2.05) is 62.5 Å². The van der Waals surface area contributed by atoms with E-state index in [-0.39, 0.29) is 29.4 Å². The van der Waals surface area contributed by atoms with Crippen LogP contribution in [0.5, 0.6) is 5.06 Å². The molecular formula is C36H42N6O4S. The van der Waals surface area contributed by atoms with Gasteiger partial charge in [-0.2, -0.15) is 0 Å². The molecule has 10 nitrogen and oxygen atoms in total. The van der Waals surface area contributed by atoms with Gasteiger partial charge in [0.25, 0.3) is 5.56 Å². The minimum absolute atomic E-state index is 0.0786. The summed E-state index contributed by atoms with van der Waals surface area (Å²) in [6.45, 7) is 7.63. The van der Waals surface area contributed by atoms with Gasteiger partial charge in [-0.3, -0.25) is 19.8 Å². The Bertz CT molecular complexity index is 1820. The lowest BCUT2D eigenvalue weighted by Gasteiger charge is -2.41. The number of aryl methyl sites for hydroxylation is 3. The first-order valence-corrected chi connectivity index (χ1v) is 17.1. The molecule has 1 aliphatic carbocycles. The van der Waals surface area contributed by atoms with Crippen molar-refractivity contribution in [2.24, 2.45) is 7.05 Å². The number of benzene rings is 2. The first-order chi connectivity index (χ1) is 22.6. The number of piperazine rings is 1. The number of fused-ring (bicyclic) bond motifs is 1. The zero-order valence-electron chi connectivity index (χ0n) is 27.6. The second kappa shape index (κ2) is 13.7. The molecule has 6 rings (SSSR count). The van der Waals surface area contributed by atoms with Crippen LogP contribution in [-0.2, 0) is 24.7 Å². The molecule has 47 heavy (non-hydrogen) atoms. The van der Waals surface area contributed by atoms with E-state index >= 15 is 0 Å². The third kappa shape index (κ3) is 6.96. The minimum atomic E-state index is -0.543. The number of nitrogens with zero attached hydrogens (tertiary/aromatic N) is 4. The van der Waals surface area contributed by atoms with Gasteiger partial charge < -0.3 is 19.5 Å². The Balaban J connectivity index is 1.20. The number of carbonyl (C=O) groups excluding carboxylic acids is 2. The Kier molecular flexibility index (Phi) is 9.47. The minimum Gasteiger partial charge on any atom is -0.399 e. The van der Waals surface area contributed by atoms with Crippen LogP contribution in [0.3, 0.4) is 0 Å². The lowest BCUT2D eigenvalue weighted by atomic mass is 9.99. The topological polar surface area (TPSA) is 109 Å². The van der Waals surface area contributed by atoms with Crippen LogP contribution in [0.2, 0.25) is 0 Å². The van der Waals surface area contributed by atoms with Crippen LogP contribution in [0.1, 0.15) is 60.7 Å². The van der Waals surface area contributed by atoms with Gasteiger partial charge >= 0.3 is 6.09 Å². The van der Waals surface area contributed by atoms with E-state index in [2.05, 4.69) is 29.4 Å². The molecule has 11 heteroatoms. The van der Waals surface area contributed by atoms with Crippen molar-refractivity contribution < 1.29 is 14.3 Å². The third-order valence-electron chi connectivity index (χ3n) is 9.12. The average molecular weight is 655 g/mol. The number of nitrogens with one attached hydrogen (secondary N) is 2. The van der Waals surface area contributed by atoms with Crippen molar-refractivity contribution in [3.8, 4) is 16.3 Å². The van der Waals surface area contributed by atoms with Crippen LogP contribution in [0, 0.1) is 6.92 Å². The number of aromatic nitrogens is 2. The average Bonchev–Trinajstić information content (AvgIpc) is 3.28. The molecule has 2 aromatic heterocycles. The van der Waals surface area contributed by atoms with Crippen LogP contribution in [0.25, 0.3) is 11.3 Å². The molecule has 2 aromatic carbocycles. The summed E-state index contributed by atoms with van der Waals surface area (Å²) < 4.78 is 7.17. The predicted octanol–water partition coefficient (Wildman–Crippen LogP) is 6.66. The standard InChI is InChI=1S/C36H42N6O4S/c1-22(2)42-19-18-40(4)34(43)32(42)24-14-16-26(17-15-24)37-33-35(44)41(5)21-29(38-33)27-11-9-12-28(23(27)3)39-36(45)46-31-20-25-10-7-6-8-13-30(25)47-31/h9,11-12,14-17,20-22,32H,6-8,10,13,18-19H2,1-5H3,(H,37,38)(H,39,45). The van der Waals surface area contributed by atoms with Crippen molar-refractivity contribution >= 4 is 40.5 Å². The monoisotopic (exact) mass is 654 g/mol. The molecule has 0 saturated carbocycles. The summed E-state index contributed by atoms with van der Waals surface area (Å²) >= 11 is 1.55. The Morgan fingerprint density at radius 3 is 2.55 bits per heavy atom. The lowest BCUT2D eigenvalue weighted by molar-refractivity contribution is -0.141. The second-order valence-electron chi connectivity index (χ2n) is 12.7. The number of amides is 2. The van der Waals surface area contributed by atoms with Gasteiger partial charge in [0.05, 0.1) is 5.69 Å². The number of anilines is 3. The number of likely N-dealkylation sites (N-methyl/N-ethyl adjacent to an activating group) is 1. The van der Waals surface area contributed by atoms with Gasteiger partial charge in [0.15, 0.2) is 10.9 Å². The molecule has 1 atom stereocenters. The quantitative estimate of drug-likeness (QED) is 0.215. The highest BCUT2D eigenvalue weighted by atomic mass is 32.1. The first kappa shape index (κ1) is 32.5. The molecule has 2 amide bonds. The summed E-state index contributed by atoms with van der Waals surface area (Å²) in [4.78, 5) is 49.2. The number of rotatable bonds is 7. The fraction of sp³-hybridized carbons (Fsp3) is 0.389. The number of thiophene rings is 1. The van der Waals surface area contributed by atoms with E-state index in [0.29, 0.717) is 28.7 Å². The summed E-state index contributed by atoms with van der Waals surface area (Å²) in [7, 11) is 3.53. The summed E-state index contributed by atoms with van der Waals surface area (Å²) in [5, 5.41) is 6.69. The largest absolute Gasteiger partial charge is 0.417 e. The van der Waals surface area contributed by atoms with E-state index < -0.39 is 6.09 Å². The molecule has 1 aliphatic heterocycles. The summed E-state index contributed by atoms with van der Waals surface area (Å²) in [5.41, 5.74) is 5.35. The maximum absolute atomic E-state index is 13.1. The van der Waals surface area contributed by atoms with Crippen molar-refractivity contribution in [2.45, 2.75) is 65.0 Å². The predicted molar refractivity (Wildman–Crippen MR) is 187 cm³/mol.